The minimum atomic E-state index is -0.739. The lowest BCUT2D eigenvalue weighted by Gasteiger charge is -2.10. The van der Waals surface area contributed by atoms with Crippen LogP contribution in [0.4, 0.5) is 0 Å². The lowest BCUT2D eigenvalue weighted by atomic mass is 10.1. The zero-order valence-corrected chi connectivity index (χ0v) is 10.8. The molecule has 0 spiro atoms. The highest BCUT2D eigenvalue weighted by Crippen LogP contribution is 2.11. The highest BCUT2D eigenvalue weighted by atomic mass is 79.9. The van der Waals surface area contributed by atoms with Crippen LogP contribution in [0.25, 0.3) is 0 Å². The summed E-state index contributed by atoms with van der Waals surface area (Å²) in [5.41, 5.74) is 1.19. The van der Waals surface area contributed by atoms with Crippen molar-refractivity contribution in [3.8, 4) is 0 Å². The molecule has 0 heterocycles. The van der Waals surface area contributed by atoms with Gasteiger partial charge in [-0.2, -0.15) is 0 Å². The van der Waals surface area contributed by atoms with Crippen LogP contribution in [0.1, 0.15) is 18.9 Å². The van der Waals surface area contributed by atoms with E-state index < -0.39 is 5.97 Å². The Balaban J connectivity index is 2.27. The van der Waals surface area contributed by atoms with E-state index in [2.05, 4.69) is 27.3 Å². The third-order valence-electron chi connectivity index (χ3n) is 2.23. The maximum atomic E-state index is 10.5. The summed E-state index contributed by atoms with van der Waals surface area (Å²) in [5.74, 6) is -0.582. The van der Waals surface area contributed by atoms with E-state index in [1.165, 1.54) is 5.56 Å². The van der Waals surface area contributed by atoms with Gasteiger partial charge in [0.1, 0.15) is 0 Å². The molecular weight excluding hydrogens is 270 g/mol. The van der Waals surface area contributed by atoms with Crippen molar-refractivity contribution in [2.24, 2.45) is 5.92 Å². The molecule has 1 atom stereocenters. The Morgan fingerprint density at radius 2 is 2.31 bits per heavy atom. The number of benzene rings is 1. The average molecular weight is 286 g/mol. The lowest BCUT2D eigenvalue weighted by Crippen LogP contribution is -2.22. The largest absolute Gasteiger partial charge is 0.481 e. The molecule has 1 aromatic carbocycles. The standard InChI is InChI=1S/C12H16BrNO2/c1-9(5-12(15)16)7-14-8-10-3-2-4-11(13)6-10/h2-4,6,9,14H,5,7-8H2,1H3,(H,15,16). The first-order valence-electron chi connectivity index (χ1n) is 5.25. The van der Waals surface area contributed by atoms with Gasteiger partial charge in [-0.15, -0.1) is 0 Å². The van der Waals surface area contributed by atoms with Gasteiger partial charge in [0.25, 0.3) is 0 Å². The summed E-state index contributed by atoms with van der Waals surface area (Å²) < 4.78 is 1.06. The molecule has 0 saturated carbocycles. The summed E-state index contributed by atoms with van der Waals surface area (Å²) in [6.07, 6.45) is 0.214. The fraction of sp³-hybridized carbons (Fsp3) is 0.417. The Morgan fingerprint density at radius 3 is 2.94 bits per heavy atom. The van der Waals surface area contributed by atoms with Gasteiger partial charge in [0.2, 0.25) is 0 Å². The van der Waals surface area contributed by atoms with Gasteiger partial charge in [0, 0.05) is 17.4 Å². The highest BCUT2D eigenvalue weighted by Gasteiger charge is 2.06. The van der Waals surface area contributed by atoms with Crippen molar-refractivity contribution in [3.05, 3.63) is 34.3 Å². The summed E-state index contributed by atoms with van der Waals surface area (Å²) in [6.45, 7) is 3.42. The van der Waals surface area contributed by atoms with E-state index in [9.17, 15) is 4.79 Å². The van der Waals surface area contributed by atoms with Gasteiger partial charge in [0.15, 0.2) is 0 Å². The maximum Gasteiger partial charge on any atom is 0.303 e. The number of rotatable bonds is 6. The van der Waals surface area contributed by atoms with Gasteiger partial charge >= 0.3 is 5.97 Å². The Morgan fingerprint density at radius 1 is 1.56 bits per heavy atom. The molecule has 16 heavy (non-hydrogen) atoms. The molecule has 0 bridgehead atoms. The van der Waals surface area contributed by atoms with Crippen LogP contribution < -0.4 is 5.32 Å². The number of nitrogens with one attached hydrogen (secondary N) is 1. The van der Waals surface area contributed by atoms with E-state index >= 15 is 0 Å². The first-order chi connectivity index (χ1) is 7.58. The third kappa shape index (κ3) is 5.28. The Bertz CT molecular complexity index is 355. The number of aliphatic carboxylic acids is 1. The SMILES string of the molecule is CC(CNCc1cccc(Br)c1)CC(=O)O. The zero-order valence-electron chi connectivity index (χ0n) is 9.24. The number of carboxylic acids is 1. The number of hydrogen-bond acceptors (Lipinski definition) is 2. The van der Waals surface area contributed by atoms with Crippen LogP contribution in [0.15, 0.2) is 28.7 Å². The van der Waals surface area contributed by atoms with E-state index in [-0.39, 0.29) is 12.3 Å². The first-order valence-corrected chi connectivity index (χ1v) is 6.04. The van der Waals surface area contributed by atoms with E-state index in [0.717, 1.165) is 17.6 Å². The van der Waals surface area contributed by atoms with Crippen molar-refractivity contribution in [1.29, 1.82) is 0 Å². The zero-order chi connectivity index (χ0) is 12.0. The van der Waals surface area contributed by atoms with Crippen LogP contribution in [-0.2, 0) is 11.3 Å². The van der Waals surface area contributed by atoms with Gasteiger partial charge in [-0.05, 0) is 30.2 Å². The highest BCUT2D eigenvalue weighted by molar-refractivity contribution is 9.10. The van der Waals surface area contributed by atoms with Crippen molar-refractivity contribution < 1.29 is 9.90 Å². The van der Waals surface area contributed by atoms with Gasteiger partial charge in [-0.1, -0.05) is 35.0 Å². The molecule has 1 unspecified atom stereocenters. The molecule has 1 aromatic rings. The minimum absolute atomic E-state index is 0.157. The number of hydrogen-bond donors (Lipinski definition) is 2. The second-order valence-electron chi connectivity index (χ2n) is 3.96. The van der Waals surface area contributed by atoms with Gasteiger partial charge in [0.05, 0.1) is 0 Å². The van der Waals surface area contributed by atoms with E-state index in [4.69, 9.17) is 5.11 Å². The molecule has 3 nitrogen and oxygen atoms in total. The summed E-state index contributed by atoms with van der Waals surface area (Å²) in [5, 5.41) is 11.9. The molecule has 4 heteroatoms. The smallest absolute Gasteiger partial charge is 0.303 e. The topological polar surface area (TPSA) is 49.3 Å². The van der Waals surface area contributed by atoms with Crippen molar-refractivity contribution in [2.45, 2.75) is 19.9 Å². The number of carbonyl (C=O) groups is 1. The maximum absolute atomic E-state index is 10.5. The Labute approximate surface area is 104 Å². The van der Waals surface area contributed by atoms with E-state index in [1.807, 2.05) is 25.1 Å². The molecule has 0 aliphatic heterocycles. The molecule has 0 radical (unpaired) electrons. The van der Waals surface area contributed by atoms with Crippen LogP contribution in [0, 0.1) is 5.92 Å². The van der Waals surface area contributed by atoms with E-state index in [1.54, 1.807) is 0 Å². The summed E-state index contributed by atoms with van der Waals surface area (Å²) in [4.78, 5) is 10.5. The van der Waals surface area contributed by atoms with Gasteiger partial charge in [-0.25, -0.2) is 0 Å². The molecule has 0 aromatic heterocycles. The van der Waals surface area contributed by atoms with Gasteiger partial charge in [-0.3, -0.25) is 4.79 Å². The van der Waals surface area contributed by atoms with Crippen molar-refractivity contribution >= 4 is 21.9 Å². The fourth-order valence-electron chi connectivity index (χ4n) is 1.48. The molecule has 0 aliphatic carbocycles. The fourth-order valence-corrected chi connectivity index (χ4v) is 1.93. The minimum Gasteiger partial charge on any atom is -0.481 e. The Hall–Kier alpha value is -0.870. The van der Waals surface area contributed by atoms with Gasteiger partial charge < -0.3 is 10.4 Å². The third-order valence-corrected chi connectivity index (χ3v) is 2.73. The second kappa shape index (κ2) is 6.66. The van der Waals surface area contributed by atoms with Crippen molar-refractivity contribution in [2.75, 3.05) is 6.54 Å². The molecule has 0 saturated heterocycles. The quantitative estimate of drug-likeness (QED) is 0.845. The number of halogens is 1. The molecule has 0 amide bonds. The lowest BCUT2D eigenvalue weighted by molar-refractivity contribution is -0.137. The van der Waals surface area contributed by atoms with Crippen molar-refractivity contribution in [3.63, 3.8) is 0 Å². The van der Waals surface area contributed by atoms with Crippen LogP contribution in [0.5, 0.6) is 0 Å². The molecule has 2 N–H and O–H groups in total. The average Bonchev–Trinajstić information content (AvgIpc) is 2.16. The predicted octanol–water partition coefficient (Wildman–Crippen LogP) is 2.65. The van der Waals surface area contributed by atoms with Crippen LogP contribution in [-0.4, -0.2) is 17.6 Å². The van der Waals surface area contributed by atoms with Crippen LogP contribution in [0.2, 0.25) is 0 Å². The molecule has 88 valence electrons. The number of carboxylic acid groups (broad SMARTS) is 1. The first kappa shape index (κ1) is 13.2. The summed E-state index contributed by atoms with van der Waals surface area (Å²) in [6, 6.07) is 8.06. The van der Waals surface area contributed by atoms with Crippen molar-refractivity contribution in [1.82, 2.24) is 5.32 Å². The summed E-state index contributed by atoms with van der Waals surface area (Å²) in [7, 11) is 0. The van der Waals surface area contributed by atoms with E-state index in [0.29, 0.717) is 0 Å². The molecule has 0 fully saturated rings. The Kier molecular flexibility index (Phi) is 5.49. The van der Waals surface area contributed by atoms with Crippen LogP contribution in [0.3, 0.4) is 0 Å². The normalized spacial score (nSPS) is 12.4. The molecule has 0 aliphatic rings. The monoisotopic (exact) mass is 285 g/mol. The molecule has 1 rings (SSSR count). The molecular formula is C12H16BrNO2. The summed E-state index contributed by atoms with van der Waals surface area (Å²) >= 11 is 3.41. The second-order valence-corrected chi connectivity index (χ2v) is 4.88. The predicted molar refractivity (Wildman–Crippen MR) is 67.3 cm³/mol. The van der Waals surface area contributed by atoms with Crippen LogP contribution >= 0.6 is 15.9 Å².